The molecule has 0 fully saturated rings. The average Bonchev–Trinajstić information content (AvgIpc) is 1.89. The van der Waals surface area contributed by atoms with Crippen molar-refractivity contribution < 1.29 is 4.79 Å². The molecule has 3 heteroatoms. The number of hydrogen-bond acceptors (Lipinski definition) is 3. The van der Waals surface area contributed by atoms with E-state index in [2.05, 4.69) is 0 Å². The molecule has 0 aromatic heterocycles. The van der Waals surface area contributed by atoms with Crippen LogP contribution in [0.5, 0.6) is 0 Å². The molecule has 0 aliphatic heterocycles. The van der Waals surface area contributed by atoms with E-state index in [4.69, 9.17) is 11.5 Å². The van der Waals surface area contributed by atoms with Crippen molar-refractivity contribution in [1.82, 2.24) is 0 Å². The average molecular weight is 130 g/mol. The van der Waals surface area contributed by atoms with Gasteiger partial charge in [-0.3, -0.25) is 0 Å². The molecule has 0 heterocycles. The quantitative estimate of drug-likeness (QED) is 0.394. The van der Waals surface area contributed by atoms with Crippen molar-refractivity contribution >= 4 is 6.29 Å². The van der Waals surface area contributed by atoms with Gasteiger partial charge in [-0.25, -0.2) is 0 Å². The van der Waals surface area contributed by atoms with Gasteiger partial charge in [0.05, 0.1) is 6.04 Å². The third-order valence-electron chi connectivity index (χ3n) is 1.17. The standard InChI is InChI=1S/C6H14N2O/c7-4-2-1-3-6(8)5-9/h5-6H,1-4,7-8H2/t6-/m0/s1. The van der Waals surface area contributed by atoms with Crippen LogP contribution in [-0.2, 0) is 4.79 Å². The molecule has 0 rings (SSSR count). The van der Waals surface area contributed by atoms with Gasteiger partial charge in [0, 0.05) is 0 Å². The number of nitrogens with two attached hydrogens (primary N) is 2. The predicted octanol–water partition coefficient (Wildman–Crippen LogP) is -0.358. The fraction of sp³-hybridized carbons (Fsp3) is 0.833. The lowest BCUT2D eigenvalue weighted by Crippen LogP contribution is -2.21. The molecular weight excluding hydrogens is 116 g/mol. The van der Waals surface area contributed by atoms with Crippen LogP contribution in [0, 0.1) is 0 Å². The Morgan fingerprint density at radius 2 is 2.11 bits per heavy atom. The Morgan fingerprint density at radius 3 is 2.56 bits per heavy atom. The molecule has 0 spiro atoms. The lowest BCUT2D eigenvalue weighted by atomic mass is 10.1. The summed E-state index contributed by atoms with van der Waals surface area (Å²) in [6, 6.07) is -0.281. The fourth-order valence-electron chi connectivity index (χ4n) is 0.592. The van der Waals surface area contributed by atoms with Crippen molar-refractivity contribution in [1.29, 1.82) is 0 Å². The maximum absolute atomic E-state index is 9.94. The number of hydrogen-bond donors (Lipinski definition) is 2. The molecule has 0 aliphatic carbocycles. The number of unbranched alkanes of at least 4 members (excludes halogenated alkanes) is 1. The molecule has 54 valence electrons. The largest absolute Gasteiger partial charge is 0.330 e. The van der Waals surface area contributed by atoms with Crippen LogP contribution in [0.2, 0.25) is 0 Å². The lowest BCUT2D eigenvalue weighted by Gasteiger charge is -2.00. The highest BCUT2D eigenvalue weighted by Gasteiger charge is 1.96. The van der Waals surface area contributed by atoms with Gasteiger partial charge in [0.2, 0.25) is 0 Å². The molecule has 9 heavy (non-hydrogen) atoms. The van der Waals surface area contributed by atoms with E-state index in [1.807, 2.05) is 0 Å². The van der Waals surface area contributed by atoms with Crippen LogP contribution in [0.3, 0.4) is 0 Å². The van der Waals surface area contributed by atoms with Gasteiger partial charge in [0.1, 0.15) is 6.29 Å². The Bertz CT molecular complexity index is 75.5. The van der Waals surface area contributed by atoms with E-state index < -0.39 is 0 Å². The van der Waals surface area contributed by atoms with Crippen molar-refractivity contribution in [3.8, 4) is 0 Å². The first-order valence-electron chi connectivity index (χ1n) is 3.22. The molecule has 0 amide bonds. The SMILES string of the molecule is NCCCC[C@H](N)C=O. The van der Waals surface area contributed by atoms with Crippen LogP contribution >= 0.6 is 0 Å². The van der Waals surface area contributed by atoms with Crippen molar-refractivity contribution in [2.24, 2.45) is 11.5 Å². The third kappa shape index (κ3) is 5.46. The minimum Gasteiger partial charge on any atom is -0.330 e. The van der Waals surface area contributed by atoms with Crippen LogP contribution in [0.25, 0.3) is 0 Å². The molecular formula is C6H14N2O. The Balaban J connectivity index is 2.96. The Kier molecular flexibility index (Phi) is 5.46. The predicted molar refractivity (Wildman–Crippen MR) is 36.9 cm³/mol. The third-order valence-corrected chi connectivity index (χ3v) is 1.17. The van der Waals surface area contributed by atoms with Crippen molar-refractivity contribution in [2.45, 2.75) is 25.3 Å². The monoisotopic (exact) mass is 130 g/mol. The van der Waals surface area contributed by atoms with Gasteiger partial charge >= 0.3 is 0 Å². The van der Waals surface area contributed by atoms with E-state index >= 15 is 0 Å². The van der Waals surface area contributed by atoms with E-state index in [9.17, 15) is 4.79 Å². The van der Waals surface area contributed by atoms with E-state index in [1.165, 1.54) is 0 Å². The number of aldehydes is 1. The number of carbonyl (C=O) groups is 1. The minimum atomic E-state index is -0.281. The molecule has 0 saturated heterocycles. The van der Waals surface area contributed by atoms with Crippen LogP contribution in [0.15, 0.2) is 0 Å². The van der Waals surface area contributed by atoms with Gasteiger partial charge in [-0.1, -0.05) is 6.42 Å². The first-order chi connectivity index (χ1) is 4.31. The van der Waals surface area contributed by atoms with E-state index in [0.29, 0.717) is 6.54 Å². The molecule has 0 aromatic rings. The molecule has 4 N–H and O–H groups in total. The highest BCUT2D eigenvalue weighted by Crippen LogP contribution is 1.94. The maximum Gasteiger partial charge on any atom is 0.136 e. The molecule has 0 aromatic carbocycles. The molecule has 0 radical (unpaired) electrons. The second-order valence-corrected chi connectivity index (χ2v) is 2.08. The summed E-state index contributed by atoms with van der Waals surface area (Å²) in [6.45, 7) is 0.686. The summed E-state index contributed by atoms with van der Waals surface area (Å²) < 4.78 is 0. The highest BCUT2D eigenvalue weighted by atomic mass is 16.1. The normalized spacial score (nSPS) is 13.1. The van der Waals surface area contributed by atoms with Gasteiger partial charge in [0.25, 0.3) is 0 Å². The minimum absolute atomic E-state index is 0.281. The van der Waals surface area contributed by atoms with Gasteiger partial charge in [0.15, 0.2) is 0 Å². The Labute approximate surface area is 55.4 Å². The first kappa shape index (κ1) is 8.59. The van der Waals surface area contributed by atoms with E-state index in [1.54, 1.807) is 0 Å². The second-order valence-electron chi connectivity index (χ2n) is 2.08. The summed E-state index contributed by atoms with van der Waals surface area (Å²) >= 11 is 0. The van der Waals surface area contributed by atoms with Gasteiger partial charge in [-0.2, -0.15) is 0 Å². The first-order valence-corrected chi connectivity index (χ1v) is 3.22. The van der Waals surface area contributed by atoms with Crippen molar-refractivity contribution in [2.75, 3.05) is 6.54 Å². The summed E-state index contributed by atoms with van der Waals surface area (Å²) in [5.74, 6) is 0. The maximum atomic E-state index is 9.94. The lowest BCUT2D eigenvalue weighted by molar-refractivity contribution is -0.109. The summed E-state index contributed by atoms with van der Waals surface area (Å²) in [6.07, 6.45) is 3.45. The Hall–Kier alpha value is -0.410. The van der Waals surface area contributed by atoms with Crippen LogP contribution < -0.4 is 11.5 Å². The molecule has 0 unspecified atom stereocenters. The fourth-order valence-corrected chi connectivity index (χ4v) is 0.592. The zero-order valence-corrected chi connectivity index (χ0v) is 5.55. The van der Waals surface area contributed by atoms with Crippen LogP contribution in [0.4, 0.5) is 0 Å². The molecule has 0 bridgehead atoms. The zero-order chi connectivity index (χ0) is 7.11. The Morgan fingerprint density at radius 1 is 1.44 bits per heavy atom. The van der Waals surface area contributed by atoms with Gasteiger partial charge in [-0.15, -0.1) is 0 Å². The van der Waals surface area contributed by atoms with Crippen molar-refractivity contribution in [3.05, 3.63) is 0 Å². The van der Waals surface area contributed by atoms with Crippen LogP contribution in [-0.4, -0.2) is 18.9 Å². The second kappa shape index (κ2) is 5.72. The molecule has 3 nitrogen and oxygen atoms in total. The van der Waals surface area contributed by atoms with Gasteiger partial charge in [-0.05, 0) is 19.4 Å². The van der Waals surface area contributed by atoms with E-state index in [0.717, 1.165) is 25.5 Å². The number of rotatable bonds is 5. The molecule has 0 saturated carbocycles. The van der Waals surface area contributed by atoms with E-state index in [-0.39, 0.29) is 6.04 Å². The topological polar surface area (TPSA) is 69.1 Å². The molecule has 0 aliphatic rings. The summed E-state index contributed by atoms with van der Waals surface area (Å²) in [5.41, 5.74) is 10.5. The van der Waals surface area contributed by atoms with Crippen LogP contribution in [0.1, 0.15) is 19.3 Å². The van der Waals surface area contributed by atoms with Crippen molar-refractivity contribution in [3.63, 3.8) is 0 Å². The number of carbonyl (C=O) groups excluding carboxylic acids is 1. The summed E-state index contributed by atoms with van der Waals surface area (Å²) in [5, 5.41) is 0. The smallest absolute Gasteiger partial charge is 0.136 e. The summed E-state index contributed by atoms with van der Waals surface area (Å²) in [4.78, 5) is 9.94. The highest BCUT2D eigenvalue weighted by molar-refractivity contribution is 5.56. The summed E-state index contributed by atoms with van der Waals surface area (Å²) in [7, 11) is 0. The molecule has 1 atom stereocenters. The van der Waals surface area contributed by atoms with Gasteiger partial charge < -0.3 is 16.3 Å². The zero-order valence-electron chi connectivity index (χ0n) is 5.55.